The third-order valence-corrected chi connectivity index (χ3v) is 6.87. The van der Waals surface area contributed by atoms with Crippen LogP contribution in [0.3, 0.4) is 0 Å². The number of sulfonamides is 1. The molecule has 1 aromatic carbocycles. The van der Waals surface area contributed by atoms with Crippen molar-refractivity contribution in [1.29, 1.82) is 0 Å². The maximum absolute atomic E-state index is 14.2. The molecule has 3 aromatic rings. The lowest BCUT2D eigenvalue weighted by molar-refractivity contribution is 0.0600. The number of esters is 1. The first-order valence-corrected chi connectivity index (χ1v) is 11.9. The van der Waals surface area contributed by atoms with Crippen LogP contribution in [0, 0.1) is 13.8 Å². The van der Waals surface area contributed by atoms with E-state index in [1.54, 1.807) is 24.3 Å². The fourth-order valence-electron chi connectivity index (χ4n) is 3.17. The zero-order valence-corrected chi connectivity index (χ0v) is 20.2. The van der Waals surface area contributed by atoms with Crippen molar-refractivity contribution in [3.05, 3.63) is 77.4 Å². The molecule has 2 heterocycles. The molecule has 0 fully saturated rings. The minimum atomic E-state index is -4.12. The number of anilines is 1. The van der Waals surface area contributed by atoms with Gasteiger partial charge >= 0.3 is 5.97 Å². The summed E-state index contributed by atoms with van der Waals surface area (Å²) in [4.78, 5) is 19.6. The molecule has 0 amide bonds. The van der Waals surface area contributed by atoms with Gasteiger partial charge in [0, 0.05) is 18.6 Å². The Morgan fingerprint density at radius 3 is 2.47 bits per heavy atom. The smallest absolute Gasteiger partial charge is 0.339 e. The van der Waals surface area contributed by atoms with Gasteiger partial charge in [0.05, 0.1) is 30.6 Å². The normalized spacial score (nSPS) is 12.1. The van der Waals surface area contributed by atoms with Gasteiger partial charge in [0.25, 0.3) is 10.0 Å². The molecule has 8 nitrogen and oxygen atoms in total. The van der Waals surface area contributed by atoms with Crippen LogP contribution in [0.4, 0.5) is 10.1 Å². The second kappa shape index (κ2) is 10.6. The van der Waals surface area contributed by atoms with E-state index in [-0.39, 0.29) is 22.9 Å². The molecule has 10 heteroatoms. The molecule has 0 spiro atoms. The number of hydrogen-bond acceptors (Lipinski definition) is 7. The Hall–Kier alpha value is -3.53. The van der Waals surface area contributed by atoms with Crippen LogP contribution in [0.15, 0.2) is 59.9 Å². The Labute approximate surface area is 198 Å². The highest BCUT2D eigenvalue weighted by Crippen LogP contribution is 2.36. The molecule has 0 bridgehead atoms. The predicted octanol–water partition coefficient (Wildman–Crippen LogP) is 4.01. The van der Waals surface area contributed by atoms with Crippen molar-refractivity contribution >= 4 is 21.7 Å². The molecule has 1 atom stereocenters. The van der Waals surface area contributed by atoms with E-state index >= 15 is 0 Å². The number of rotatable bonds is 9. The molecule has 0 saturated carbocycles. The van der Waals surface area contributed by atoms with E-state index in [0.717, 1.165) is 15.4 Å². The summed E-state index contributed by atoms with van der Waals surface area (Å²) in [5.41, 5.74) is 2.71. The van der Waals surface area contributed by atoms with E-state index in [1.807, 2.05) is 13.8 Å². The maximum atomic E-state index is 14.2. The molecule has 0 aliphatic carbocycles. The van der Waals surface area contributed by atoms with Crippen molar-refractivity contribution in [3.8, 4) is 5.75 Å². The first-order valence-electron chi connectivity index (χ1n) is 10.5. The molecule has 180 valence electrons. The SMILES string of the molecule is COC(=O)c1ccc(COc2cc(C)c(C)cc2N(CC(C)F)S(=O)(=O)c2cccnc2)nc1. The number of alkyl halides is 1. The molecule has 34 heavy (non-hydrogen) atoms. The van der Waals surface area contributed by atoms with Crippen LogP contribution in [0.25, 0.3) is 0 Å². The summed E-state index contributed by atoms with van der Waals surface area (Å²) >= 11 is 0. The summed E-state index contributed by atoms with van der Waals surface area (Å²) in [5.74, 6) is -0.247. The van der Waals surface area contributed by atoms with Gasteiger partial charge in [0.15, 0.2) is 0 Å². The van der Waals surface area contributed by atoms with E-state index in [4.69, 9.17) is 4.74 Å². The first kappa shape index (κ1) is 25.1. The van der Waals surface area contributed by atoms with E-state index in [9.17, 15) is 17.6 Å². The van der Waals surface area contributed by atoms with Gasteiger partial charge in [-0.1, -0.05) is 0 Å². The van der Waals surface area contributed by atoms with Gasteiger partial charge < -0.3 is 9.47 Å². The van der Waals surface area contributed by atoms with Gasteiger partial charge in [0.2, 0.25) is 0 Å². The summed E-state index contributed by atoms with van der Waals surface area (Å²) in [7, 11) is -2.84. The van der Waals surface area contributed by atoms with Gasteiger partial charge in [0.1, 0.15) is 23.4 Å². The summed E-state index contributed by atoms with van der Waals surface area (Å²) in [6.07, 6.45) is 2.62. The van der Waals surface area contributed by atoms with Crippen molar-refractivity contribution in [2.24, 2.45) is 0 Å². The number of nitrogens with zero attached hydrogens (tertiary/aromatic N) is 3. The molecule has 2 aromatic heterocycles. The van der Waals surface area contributed by atoms with Gasteiger partial charge in [-0.05, 0) is 68.3 Å². The highest BCUT2D eigenvalue weighted by Gasteiger charge is 2.29. The maximum Gasteiger partial charge on any atom is 0.339 e. The Bertz CT molecular complexity index is 1250. The van der Waals surface area contributed by atoms with Crippen molar-refractivity contribution in [3.63, 3.8) is 0 Å². The average molecular weight is 488 g/mol. The van der Waals surface area contributed by atoms with Gasteiger partial charge in [-0.2, -0.15) is 0 Å². The summed E-state index contributed by atoms with van der Waals surface area (Å²) in [6, 6.07) is 9.46. The van der Waals surface area contributed by atoms with Crippen LogP contribution in [-0.4, -0.2) is 44.2 Å². The number of aryl methyl sites for hydroxylation is 2. The van der Waals surface area contributed by atoms with Crippen LogP contribution >= 0.6 is 0 Å². The highest BCUT2D eigenvalue weighted by atomic mass is 32.2. The molecule has 0 N–H and O–H groups in total. The molecule has 0 aliphatic heterocycles. The molecule has 3 rings (SSSR count). The third kappa shape index (κ3) is 5.69. The van der Waals surface area contributed by atoms with Crippen LogP contribution in [-0.2, 0) is 21.4 Å². The van der Waals surface area contributed by atoms with Crippen LogP contribution in [0.1, 0.15) is 34.1 Å². The van der Waals surface area contributed by atoms with E-state index in [1.165, 1.54) is 44.8 Å². The van der Waals surface area contributed by atoms with Crippen LogP contribution in [0.2, 0.25) is 0 Å². The molecule has 0 radical (unpaired) electrons. The monoisotopic (exact) mass is 487 g/mol. The topological polar surface area (TPSA) is 98.7 Å². The summed E-state index contributed by atoms with van der Waals surface area (Å²) in [6.45, 7) is 4.60. The van der Waals surface area contributed by atoms with Crippen molar-refractivity contribution in [1.82, 2.24) is 9.97 Å². The Balaban J connectivity index is 1.99. The van der Waals surface area contributed by atoms with E-state index < -0.39 is 28.7 Å². The Morgan fingerprint density at radius 1 is 1.15 bits per heavy atom. The predicted molar refractivity (Wildman–Crippen MR) is 125 cm³/mol. The third-order valence-electron chi connectivity index (χ3n) is 5.11. The first-order chi connectivity index (χ1) is 16.1. The number of ether oxygens (including phenoxy) is 2. The number of hydrogen-bond donors (Lipinski definition) is 0. The van der Waals surface area contributed by atoms with Crippen LogP contribution < -0.4 is 9.04 Å². The summed E-state index contributed by atoms with van der Waals surface area (Å²) in [5, 5.41) is 0. The minimum absolute atomic E-state index is 0.00289. The lowest BCUT2D eigenvalue weighted by Crippen LogP contribution is -2.36. The van der Waals surface area contributed by atoms with Gasteiger partial charge in [-0.25, -0.2) is 17.6 Å². The second-order valence-corrected chi connectivity index (χ2v) is 9.59. The number of benzene rings is 1. The largest absolute Gasteiger partial charge is 0.485 e. The molecule has 1 unspecified atom stereocenters. The fourth-order valence-corrected chi connectivity index (χ4v) is 4.67. The number of aromatic nitrogens is 2. The molecular formula is C24H26FN3O5S. The van der Waals surface area contributed by atoms with Gasteiger partial charge in [-0.3, -0.25) is 14.3 Å². The van der Waals surface area contributed by atoms with Crippen molar-refractivity contribution < 1.29 is 27.1 Å². The Morgan fingerprint density at radius 2 is 1.88 bits per heavy atom. The quantitative estimate of drug-likeness (QED) is 0.421. The lowest BCUT2D eigenvalue weighted by Gasteiger charge is -2.27. The van der Waals surface area contributed by atoms with E-state index in [0.29, 0.717) is 11.3 Å². The zero-order valence-electron chi connectivity index (χ0n) is 19.4. The standard InChI is InChI=1S/C24H26FN3O5S/c1-16-10-22(28(14-18(3)25)34(30,31)21-6-5-9-26-13-21)23(11-17(16)2)33-15-20-8-7-19(12-27-20)24(29)32-4/h5-13,18H,14-15H2,1-4H3. The highest BCUT2D eigenvalue weighted by molar-refractivity contribution is 7.92. The Kier molecular flexibility index (Phi) is 7.83. The number of carbonyl (C=O) groups excluding carboxylic acids is 1. The van der Waals surface area contributed by atoms with Crippen LogP contribution in [0.5, 0.6) is 5.75 Å². The molecule has 0 aliphatic rings. The van der Waals surface area contributed by atoms with Crippen molar-refractivity contribution in [2.45, 2.75) is 38.4 Å². The molecule has 0 saturated heterocycles. The lowest BCUT2D eigenvalue weighted by atomic mass is 10.1. The van der Waals surface area contributed by atoms with Gasteiger partial charge in [-0.15, -0.1) is 0 Å². The number of pyridine rings is 2. The summed E-state index contributed by atoms with van der Waals surface area (Å²) < 4.78 is 52.6. The number of carbonyl (C=O) groups is 1. The minimum Gasteiger partial charge on any atom is -0.485 e. The molecular weight excluding hydrogens is 461 g/mol. The fraction of sp³-hybridized carbons (Fsp3) is 0.292. The number of halogens is 1. The second-order valence-electron chi connectivity index (χ2n) is 7.73. The average Bonchev–Trinajstić information content (AvgIpc) is 2.83. The number of methoxy groups -OCH3 is 1. The van der Waals surface area contributed by atoms with E-state index in [2.05, 4.69) is 14.7 Å². The van der Waals surface area contributed by atoms with Crippen molar-refractivity contribution in [2.75, 3.05) is 18.0 Å². The zero-order chi connectivity index (χ0) is 24.9.